The average molecular weight is 262 g/mol. The first-order valence-electron chi connectivity index (χ1n) is 4.65. The topological polar surface area (TPSA) is 71.8 Å². The fourth-order valence-electron chi connectivity index (χ4n) is 1.02. The van der Waals surface area contributed by atoms with Gasteiger partial charge in [0, 0.05) is 11.9 Å². The second-order valence-corrected chi connectivity index (χ2v) is 3.01. The molecule has 1 radical (unpaired) electrons. The number of allylic oxidation sites excluding steroid dienone is 4. The van der Waals surface area contributed by atoms with E-state index >= 15 is 0 Å². The number of nitrogens with two attached hydrogens (primary N) is 1. The Morgan fingerprint density at radius 2 is 2.50 bits per heavy atom. The molecule has 0 amide bonds. The van der Waals surface area contributed by atoms with E-state index in [1.165, 1.54) is 0 Å². The van der Waals surface area contributed by atoms with Crippen LogP contribution in [0.2, 0.25) is 0 Å². The number of rotatable bonds is 3. The summed E-state index contributed by atoms with van der Waals surface area (Å²) in [6, 6.07) is -0.541. The number of aromatic nitrogens is 2. The Bertz CT molecular complexity index is 323. The maximum atomic E-state index is 9.95. The van der Waals surface area contributed by atoms with Gasteiger partial charge in [0.15, 0.2) is 0 Å². The van der Waals surface area contributed by atoms with Crippen LogP contribution in [0.15, 0.2) is 30.8 Å². The zero-order valence-electron chi connectivity index (χ0n) is 8.64. The molecule has 5 heteroatoms. The quantitative estimate of drug-likeness (QED) is 0.787. The van der Waals surface area contributed by atoms with Crippen molar-refractivity contribution in [1.29, 1.82) is 0 Å². The van der Waals surface area contributed by atoms with Crippen LogP contribution in [0.5, 0.6) is 0 Å². The minimum absolute atomic E-state index is 0. The molecule has 2 rings (SSSR count). The van der Waals surface area contributed by atoms with Crippen molar-refractivity contribution in [1.82, 2.24) is 9.97 Å². The number of imidazole rings is 1. The molecular weight excluding hydrogens is 249 g/mol. The molecular formula is C11H13CoN3O. The second kappa shape index (κ2) is 9.08. The van der Waals surface area contributed by atoms with Crippen LogP contribution in [0.3, 0.4) is 0 Å². The third-order valence-corrected chi connectivity index (χ3v) is 1.73. The maximum Gasteiger partial charge on any atom is 2.00 e. The summed E-state index contributed by atoms with van der Waals surface area (Å²) in [5, 5.41) is 0. The Labute approximate surface area is 105 Å². The van der Waals surface area contributed by atoms with Crippen LogP contribution < -0.4 is 5.73 Å². The first-order chi connectivity index (χ1) is 7.33. The molecule has 1 aromatic rings. The van der Waals surface area contributed by atoms with Gasteiger partial charge in [0.25, 0.3) is 0 Å². The van der Waals surface area contributed by atoms with E-state index in [9.17, 15) is 4.79 Å². The molecule has 1 aliphatic rings. The summed E-state index contributed by atoms with van der Waals surface area (Å²) in [4.78, 5) is 16.5. The van der Waals surface area contributed by atoms with Gasteiger partial charge in [0.2, 0.25) is 0 Å². The summed E-state index contributed by atoms with van der Waals surface area (Å²) in [5.41, 5.74) is 6.15. The molecule has 87 valence electrons. The van der Waals surface area contributed by atoms with Crippen molar-refractivity contribution in [3.63, 3.8) is 0 Å². The predicted molar refractivity (Wildman–Crippen MR) is 57.5 cm³/mol. The molecule has 0 aromatic carbocycles. The molecule has 0 fully saturated rings. The van der Waals surface area contributed by atoms with E-state index in [1.54, 1.807) is 18.8 Å². The number of aromatic amines is 1. The van der Waals surface area contributed by atoms with Crippen molar-refractivity contribution < 1.29 is 21.6 Å². The zero-order chi connectivity index (χ0) is 10.9. The number of nitrogens with zero attached hydrogens (tertiary/aromatic N) is 1. The van der Waals surface area contributed by atoms with Gasteiger partial charge in [0.1, 0.15) is 0 Å². The van der Waals surface area contributed by atoms with E-state index in [0.29, 0.717) is 6.42 Å². The number of carbonyl (C=O) groups excluding carboxylic acids is 1. The van der Waals surface area contributed by atoms with Crippen molar-refractivity contribution in [2.45, 2.75) is 18.9 Å². The molecule has 0 aliphatic heterocycles. The third-order valence-electron chi connectivity index (χ3n) is 1.73. The van der Waals surface area contributed by atoms with Crippen molar-refractivity contribution in [2.75, 3.05) is 0 Å². The van der Waals surface area contributed by atoms with Crippen LogP contribution in [0.4, 0.5) is 0 Å². The molecule has 0 unspecified atom stereocenters. The van der Waals surface area contributed by atoms with Gasteiger partial charge in [0.05, 0.1) is 6.33 Å². The van der Waals surface area contributed by atoms with Crippen LogP contribution in [-0.2, 0) is 28.0 Å². The van der Waals surface area contributed by atoms with E-state index in [1.807, 2.05) is 12.2 Å². The van der Waals surface area contributed by atoms with Gasteiger partial charge < -0.3 is 15.5 Å². The van der Waals surface area contributed by atoms with Gasteiger partial charge in [-0.3, -0.25) is 6.08 Å². The normalized spacial score (nSPS) is 13.6. The van der Waals surface area contributed by atoms with Crippen molar-refractivity contribution in [2.24, 2.45) is 5.73 Å². The number of nitrogens with one attached hydrogen (secondary N) is 1. The summed E-state index contributed by atoms with van der Waals surface area (Å²) in [7, 11) is 0. The van der Waals surface area contributed by atoms with E-state index in [0.717, 1.165) is 12.1 Å². The monoisotopic (exact) mass is 262 g/mol. The molecule has 0 spiro atoms. The van der Waals surface area contributed by atoms with Crippen LogP contribution >= 0.6 is 0 Å². The Morgan fingerprint density at radius 1 is 1.69 bits per heavy atom. The molecule has 1 atom stereocenters. The summed E-state index contributed by atoms with van der Waals surface area (Å²) in [6.07, 6.45) is 15.3. The van der Waals surface area contributed by atoms with E-state index in [2.05, 4.69) is 22.1 Å². The summed E-state index contributed by atoms with van der Waals surface area (Å²) < 4.78 is 0. The fourth-order valence-corrected chi connectivity index (χ4v) is 1.02. The first kappa shape index (κ1) is 14.8. The van der Waals surface area contributed by atoms with Crippen LogP contribution in [0, 0.1) is 6.08 Å². The van der Waals surface area contributed by atoms with Gasteiger partial charge in [-0.05, 0) is 6.42 Å². The molecule has 1 heterocycles. The number of H-pyrrole nitrogens is 1. The van der Waals surface area contributed by atoms with Gasteiger partial charge in [-0.1, -0.05) is 6.04 Å². The number of hydrogen-bond acceptors (Lipinski definition) is 3. The minimum Gasteiger partial charge on any atom is -0.540 e. The standard InChI is InChI=1S/C6H8N3O.C5H5.Co/c7-5(3-10)1-6-2-8-4-9-6;1-2-4-5-3-1;/h2,4-5H,1,7H2,(H,8,9);1-3H,4H2;/q2*-1;+2/t5-;;/m0../s1. The van der Waals surface area contributed by atoms with Crippen molar-refractivity contribution in [3.05, 3.63) is 42.5 Å². The summed E-state index contributed by atoms with van der Waals surface area (Å²) >= 11 is 0. The van der Waals surface area contributed by atoms with Gasteiger partial charge >= 0.3 is 16.8 Å². The van der Waals surface area contributed by atoms with Crippen molar-refractivity contribution >= 4 is 6.29 Å². The Hall–Kier alpha value is -1.17. The zero-order valence-corrected chi connectivity index (χ0v) is 9.69. The van der Waals surface area contributed by atoms with Gasteiger partial charge in [-0.15, -0.1) is 6.42 Å². The number of hydrogen-bond donors (Lipinski definition) is 2. The third kappa shape index (κ3) is 6.34. The SMILES string of the molecule is N[C@H]([C-]=O)Cc1cnc[nH]1.[C-]1=CC=CC1.[Co+2]. The van der Waals surface area contributed by atoms with E-state index < -0.39 is 6.04 Å². The molecule has 0 saturated carbocycles. The fraction of sp³-hybridized carbons (Fsp3) is 0.273. The van der Waals surface area contributed by atoms with Gasteiger partial charge in [-0.2, -0.15) is 6.08 Å². The Morgan fingerprint density at radius 3 is 2.88 bits per heavy atom. The van der Waals surface area contributed by atoms with Crippen molar-refractivity contribution in [3.8, 4) is 0 Å². The van der Waals surface area contributed by atoms with Crippen LogP contribution in [0.25, 0.3) is 0 Å². The molecule has 16 heavy (non-hydrogen) atoms. The van der Waals surface area contributed by atoms with E-state index in [-0.39, 0.29) is 16.8 Å². The summed E-state index contributed by atoms with van der Waals surface area (Å²) in [6.45, 7) is 0. The van der Waals surface area contributed by atoms with Gasteiger partial charge in [-0.25, -0.2) is 23.4 Å². The molecule has 4 nitrogen and oxygen atoms in total. The molecule has 0 saturated heterocycles. The largest absolute Gasteiger partial charge is 2.00 e. The molecule has 1 aromatic heterocycles. The maximum absolute atomic E-state index is 9.95. The van der Waals surface area contributed by atoms with E-state index in [4.69, 9.17) is 5.73 Å². The molecule has 3 N–H and O–H groups in total. The predicted octanol–water partition coefficient (Wildman–Crippen LogP) is 0.692. The minimum atomic E-state index is -0.541. The van der Waals surface area contributed by atoms with Crippen LogP contribution in [-0.4, -0.2) is 22.3 Å². The van der Waals surface area contributed by atoms with Crippen LogP contribution in [0.1, 0.15) is 12.1 Å². The second-order valence-electron chi connectivity index (χ2n) is 3.01. The molecule has 0 bridgehead atoms. The Kier molecular flexibility index (Phi) is 8.42. The first-order valence-corrected chi connectivity index (χ1v) is 4.65. The molecule has 1 aliphatic carbocycles. The average Bonchev–Trinajstić information content (AvgIpc) is 2.92. The summed E-state index contributed by atoms with van der Waals surface area (Å²) in [5.74, 6) is 0. The Balaban J connectivity index is 0.000000318. The smallest absolute Gasteiger partial charge is 0.540 e.